The maximum absolute atomic E-state index is 5.64. The molecule has 0 aliphatic carbocycles. The highest BCUT2D eigenvalue weighted by Crippen LogP contribution is 2.22. The molecule has 2 aromatic heterocycles. The molecule has 0 saturated carbocycles. The Kier molecular flexibility index (Phi) is 2.96. The average molecular weight is 234 g/mol. The van der Waals surface area contributed by atoms with Gasteiger partial charge in [0.15, 0.2) is 0 Å². The lowest BCUT2D eigenvalue weighted by Gasteiger charge is -2.13. The number of pyridine rings is 1. The van der Waals surface area contributed by atoms with Crippen LogP contribution in [-0.2, 0) is 0 Å². The molecule has 0 spiro atoms. The molecule has 4 nitrogen and oxygen atoms in total. The van der Waals surface area contributed by atoms with Crippen LogP contribution in [0.15, 0.2) is 29.0 Å². The molecule has 0 amide bonds. The van der Waals surface area contributed by atoms with Crippen LogP contribution in [0.25, 0.3) is 0 Å². The molecular formula is C11H14N4S. The van der Waals surface area contributed by atoms with Gasteiger partial charge in [-0.15, -0.1) is 0 Å². The van der Waals surface area contributed by atoms with Gasteiger partial charge in [0.1, 0.15) is 11.6 Å². The third-order valence-corrected chi connectivity index (χ3v) is 3.07. The summed E-state index contributed by atoms with van der Waals surface area (Å²) in [6.07, 6.45) is 0. The summed E-state index contributed by atoms with van der Waals surface area (Å²) in [5.41, 5.74) is 13.0. The van der Waals surface area contributed by atoms with Crippen LogP contribution < -0.4 is 16.8 Å². The summed E-state index contributed by atoms with van der Waals surface area (Å²) in [4.78, 5) is 4.17. The Morgan fingerprint density at radius 1 is 1.31 bits per heavy atom. The second-order valence-electron chi connectivity index (χ2n) is 3.59. The van der Waals surface area contributed by atoms with Crippen molar-refractivity contribution < 1.29 is 0 Å². The van der Waals surface area contributed by atoms with E-state index < -0.39 is 0 Å². The number of thiophene rings is 1. The van der Waals surface area contributed by atoms with Crippen LogP contribution in [0.1, 0.15) is 18.5 Å². The van der Waals surface area contributed by atoms with Gasteiger partial charge in [0.2, 0.25) is 0 Å². The van der Waals surface area contributed by atoms with Crippen molar-refractivity contribution in [2.45, 2.75) is 13.0 Å². The van der Waals surface area contributed by atoms with E-state index >= 15 is 0 Å². The summed E-state index contributed by atoms with van der Waals surface area (Å²) < 4.78 is 0. The lowest BCUT2D eigenvalue weighted by Crippen LogP contribution is -2.08. The molecule has 2 rings (SSSR count). The Morgan fingerprint density at radius 3 is 2.75 bits per heavy atom. The van der Waals surface area contributed by atoms with E-state index in [1.807, 2.05) is 6.07 Å². The van der Waals surface area contributed by atoms with Gasteiger partial charge in [0.25, 0.3) is 0 Å². The first-order chi connectivity index (χ1) is 7.66. The molecule has 1 atom stereocenters. The number of nitrogen functional groups attached to an aromatic ring is 2. The Bertz CT molecular complexity index is 467. The minimum Gasteiger partial charge on any atom is -0.396 e. The van der Waals surface area contributed by atoms with Gasteiger partial charge in [-0.1, -0.05) is 0 Å². The predicted molar refractivity (Wildman–Crippen MR) is 69.4 cm³/mol. The molecule has 2 heterocycles. The average Bonchev–Trinajstić information content (AvgIpc) is 2.77. The van der Waals surface area contributed by atoms with Crippen molar-refractivity contribution in [2.75, 3.05) is 16.8 Å². The molecule has 0 radical (unpaired) electrons. The normalized spacial score (nSPS) is 12.3. The number of hydrogen-bond acceptors (Lipinski definition) is 5. The second-order valence-corrected chi connectivity index (χ2v) is 4.37. The summed E-state index contributed by atoms with van der Waals surface area (Å²) in [7, 11) is 0. The minimum atomic E-state index is 0.210. The summed E-state index contributed by atoms with van der Waals surface area (Å²) in [6, 6.07) is 5.88. The molecule has 2 aromatic rings. The van der Waals surface area contributed by atoms with Gasteiger partial charge in [-0.3, -0.25) is 0 Å². The van der Waals surface area contributed by atoms with Crippen molar-refractivity contribution in [1.29, 1.82) is 0 Å². The number of hydrogen-bond donors (Lipinski definition) is 3. The number of anilines is 3. The fourth-order valence-electron chi connectivity index (χ4n) is 1.39. The number of nitrogens with one attached hydrogen (secondary N) is 1. The van der Waals surface area contributed by atoms with E-state index in [1.165, 1.54) is 5.56 Å². The maximum atomic E-state index is 5.64. The predicted octanol–water partition coefficient (Wildman–Crippen LogP) is 2.48. The van der Waals surface area contributed by atoms with E-state index in [-0.39, 0.29) is 6.04 Å². The topological polar surface area (TPSA) is 77.0 Å². The fourth-order valence-corrected chi connectivity index (χ4v) is 2.15. The van der Waals surface area contributed by atoms with Crippen LogP contribution in [0.3, 0.4) is 0 Å². The SMILES string of the molecule is CC(Nc1ccc(N)c(N)n1)c1ccsc1. The first-order valence-corrected chi connectivity index (χ1v) is 5.91. The zero-order chi connectivity index (χ0) is 11.5. The Hall–Kier alpha value is -1.75. The van der Waals surface area contributed by atoms with E-state index in [1.54, 1.807) is 17.4 Å². The van der Waals surface area contributed by atoms with E-state index in [0.29, 0.717) is 11.5 Å². The zero-order valence-corrected chi connectivity index (χ0v) is 9.79. The highest BCUT2D eigenvalue weighted by Gasteiger charge is 2.06. The van der Waals surface area contributed by atoms with E-state index in [0.717, 1.165) is 5.82 Å². The first-order valence-electron chi connectivity index (χ1n) is 4.97. The molecule has 16 heavy (non-hydrogen) atoms. The second kappa shape index (κ2) is 4.40. The third-order valence-electron chi connectivity index (χ3n) is 2.37. The molecule has 0 aliphatic rings. The highest BCUT2D eigenvalue weighted by atomic mass is 32.1. The molecule has 0 fully saturated rings. The summed E-state index contributed by atoms with van der Waals surface area (Å²) in [5, 5.41) is 7.44. The lowest BCUT2D eigenvalue weighted by molar-refractivity contribution is 0.881. The maximum Gasteiger partial charge on any atom is 0.149 e. The lowest BCUT2D eigenvalue weighted by atomic mass is 10.2. The van der Waals surface area contributed by atoms with Gasteiger partial charge >= 0.3 is 0 Å². The number of aromatic nitrogens is 1. The summed E-state index contributed by atoms with van der Waals surface area (Å²) in [6.45, 7) is 2.08. The molecule has 5 heteroatoms. The molecule has 5 N–H and O–H groups in total. The van der Waals surface area contributed by atoms with Gasteiger partial charge in [0, 0.05) is 0 Å². The molecule has 1 unspecified atom stereocenters. The Labute approximate surface area is 98.3 Å². The van der Waals surface area contributed by atoms with Crippen molar-refractivity contribution >= 4 is 28.7 Å². The summed E-state index contributed by atoms with van der Waals surface area (Å²) >= 11 is 1.68. The summed E-state index contributed by atoms with van der Waals surface area (Å²) in [5.74, 6) is 1.10. The number of nitrogens with two attached hydrogens (primary N) is 2. The van der Waals surface area contributed by atoms with E-state index in [9.17, 15) is 0 Å². The van der Waals surface area contributed by atoms with E-state index in [4.69, 9.17) is 11.5 Å². The standard InChI is InChI=1S/C11H14N4S/c1-7(8-4-5-16-6-8)14-10-3-2-9(12)11(13)15-10/h2-7H,12H2,1H3,(H3,13,14,15). The van der Waals surface area contributed by atoms with Crippen molar-refractivity contribution in [2.24, 2.45) is 0 Å². The minimum absolute atomic E-state index is 0.210. The smallest absolute Gasteiger partial charge is 0.149 e. The monoisotopic (exact) mass is 234 g/mol. The first kappa shape index (κ1) is 10.8. The van der Waals surface area contributed by atoms with Gasteiger partial charge in [-0.2, -0.15) is 11.3 Å². The van der Waals surface area contributed by atoms with Gasteiger partial charge in [-0.25, -0.2) is 4.98 Å². The van der Waals surface area contributed by atoms with Gasteiger partial charge < -0.3 is 16.8 Å². The quantitative estimate of drug-likeness (QED) is 0.762. The van der Waals surface area contributed by atoms with Crippen LogP contribution in [0.4, 0.5) is 17.3 Å². The molecule has 0 aliphatic heterocycles. The van der Waals surface area contributed by atoms with E-state index in [2.05, 4.69) is 34.1 Å². The van der Waals surface area contributed by atoms with Crippen molar-refractivity contribution in [3.63, 3.8) is 0 Å². The van der Waals surface area contributed by atoms with Crippen LogP contribution in [0.2, 0.25) is 0 Å². The largest absolute Gasteiger partial charge is 0.396 e. The Morgan fingerprint density at radius 2 is 2.12 bits per heavy atom. The van der Waals surface area contributed by atoms with Crippen LogP contribution in [0, 0.1) is 0 Å². The molecule has 0 aromatic carbocycles. The molecule has 0 bridgehead atoms. The third kappa shape index (κ3) is 2.25. The van der Waals surface area contributed by atoms with Crippen LogP contribution >= 0.6 is 11.3 Å². The highest BCUT2D eigenvalue weighted by molar-refractivity contribution is 7.07. The van der Waals surface area contributed by atoms with Crippen molar-refractivity contribution in [3.8, 4) is 0 Å². The molecular weight excluding hydrogens is 220 g/mol. The van der Waals surface area contributed by atoms with Crippen molar-refractivity contribution in [1.82, 2.24) is 4.98 Å². The van der Waals surface area contributed by atoms with Gasteiger partial charge in [0.05, 0.1) is 11.7 Å². The van der Waals surface area contributed by atoms with Gasteiger partial charge in [-0.05, 0) is 41.4 Å². The van der Waals surface area contributed by atoms with Crippen LogP contribution in [-0.4, -0.2) is 4.98 Å². The molecule has 0 saturated heterocycles. The Balaban J connectivity index is 2.12. The number of nitrogens with zero attached hydrogens (tertiary/aromatic N) is 1. The zero-order valence-electron chi connectivity index (χ0n) is 8.97. The fraction of sp³-hybridized carbons (Fsp3) is 0.182. The molecule has 84 valence electrons. The van der Waals surface area contributed by atoms with Crippen molar-refractivity contribution in [3.05, 3.63) is 34.5 Å². The number of rotatable bonds is 3. The van der Waals surface area contributed by atoms with Crippen LogP contribution in [0.5, 0.6) is 0 Å².